The number of hydrogen-bond acceptors (Lipinski definition) is 2. The second kappa shape index (κ2) is 7.97. The van der Waals surface area contributed by atoms with Crippen molar-refractivity contribution in [2.75, 3.05) is 12.9 Å². The molecule has 0 aromatic heterocycles. The van der Waals surface area contributed by atoms with Gasteiger partial charge in [-0.3, -0.25) is 0 Å². The fourth-order valence-corrected chi connectivity index (χ4v) is 6.55. The maximum absolute atomic E-state index is 14.3. The van der Waals surface area contributed by atoms with E-state index in [4.69, 9.17) is 4.74 Å². The van der Waals surface area contributed by atoms with Crippen molar-refractivity contribution in [1.29, 1.82) is 0 Å². The van der Waals surface area contributed by atoms with E-state index in [1.54, 1.807) is 24.8 Å². The second-order valence-corrected chi connectivity index (χ2v) is 9.82. The van der Waals surface area contributed by atoms with Gasteiger partial charge in [0.2, 0.25) is 0 Å². The molecule has 1 nitrogen and oxygen atoms in total. The van der Waals surface area contributed by atoms with Crippen LogP contribution < -0.4 is 4.74 Å². The SMILES string of the molecule is COc1ccc(F)cc1-c1ccc2c3c(ccc2c1C1=CCCS1)C1=C(CCC=C1)CC3. The van der Waals surface area contributed by atoms with Gasteiger partial charge >= 0.3 is 0 Å². The topological polar surface area (TPSA) is 9.23 Å². The summed E-state index contributed by atoms with van der Waals surface area (Å²) in [5.74, 6) is 1.56. The van der Waals surface area contributed by atoms with Crippen LogP contribution in [0.3, 0.4) is 0 Å². The van der Waals surface area contributed by atoms with Crippen molar-refractivity contribution in [3.8, 4) is 16.9 Å². The first-order valence-corrected chi connectivity index (χ1v) is 12.4. The van der Waals surface area contributed by atoms with Crippen LogP contribution in [0.2, 0.25) is 0 Å². The van der Waals surface area contributed by atoms with Crippen molar-refractivity contribution in [2.45, 2.75) is 32.1 Å². The third kappa shape index (κ3) is 3.14. The van der Waals surface area contributed by atoms with E-state index in [0.29, 0.717) is 5.75 Å². The molecule has 0 radical (unpaired) electrons. The van der Waals surface area contributed by atoms with E-state index in [-0.39, 0.29) is 5.82 Å². The Hall–Kier alpha value is -2.78. The predicted octanol–water partition coefficient (Wildman–Crippen LogP) is 8.18. The van der Waals surface area contributed by atoms with Gasteiger partial charge in [-0.05, 0) is 83.3 Å². The summed E-state index contributed by atoms with van der Waals surface area (Å²) in [7, 11) is 1.65. The van der Waals surface area contributed by atoms with Gasteiger partial charge in [-0.2, -0.15) is 0 Å². The molecule has 0 fully saturated rings. The maximum atomic E-state index is 14.3. The van der Waals surface area contributed by atoms with Crippen LogP contribution in [0.4, 0.5) is 4.39 Å². The van der Waals surface area contributed by atoms with Crippen molar-refractivity contribution in [3.63, 3.8) is 0 Å². The molecule has 32 heavy (non-hydrogen) atoms. The minimum Gasteiger partial charge on any atom is -0.496 e. The lowest BCUT2D eigenvalue weighted by Gasteiger charge is -2.26. The predicted molar refractivity (Wildman–Crippen MR) is 135 cm³/mol. The Bertz CT molecular complexity index is 1350. The lowest BCUT2D eigenvalue weighted by atomic mass is 9.78. The molecule has 0 unspecified atom stereocenters. The van der Waals surface area contributed by atoms with E-state index < -0.39 is 0 Å². The van der Waals surface area contributed by atoms with Crippen molar-refractivity contribution in [3.05, 3.63) is 88.8 Å². The zero-order chi connectivity index (χ0) is 21.7. The molecule has 6 rings (SSSR count). The molecular formula is C29H25FOS. The minimum absolute atomic E-state index is 0.242. The van der Waals surface area contributed by atoms with E-state index in [0.717, 1.165) is 42.6 Å². The first-order chi connectivity index (χ1) is 15.7. The number of rotatable bonds is 3. The van der Waals surface area contributed by atoms with Crippen molar-refractivity contribution >= 4 is 33.0 Å². The molecule has 160 valence electrons. The molecule has 3 heteroatoms. The average molecular weight is 441 g/mol. The molecule has 1 heterocycles. The molecule has 0 amide bonds. The largest absolute Gasteiger partial charge is 0.496 e. The molecule has 0 atom stereocenters. The molecule has 0 bridgehead atoms. The first kappa shape index (κ1) is 19.9. The van der Waals surface area contributed by atoms with Crippen LogP contribution in [0.25, 0.3) is 32.4 Å². The van der Waals surface area contributed by atoms with Gasteiger partial charge in [0.25, 0.3) is 0 Å². The molecule has 0 saturated heterocycles. The van der Waals surface area contributed by atoms with Crippen LogP contribution >= 0.6 is 11.8 Å². The van der Waals surface area contributed by atoms with Gasteiger partial charge < -0.3 is 4.74 Å². The monoisotopic (exact) mass is 440 g/mol. The summed E-state index contributed by atoms with van der Waals surface area (Å²) in [6.07, 6.45) is 12.6. The number of fused-ring (bicyclic) bond motifs is 4. The number of methoxy groups -OCH3 is 1. The van der Waals surface area contributed by atoms with Crippen LogP contribution in [0.15, 0.2) is 66.3 Å². The van der Waals surface area contributed by atoms with Gasteiger partial charge in [-0.1, -0.05) is 48.1 Å². The molecule has 0 spiro atoms. The summed E-state index contributed by atoms with van der Waals surface area (Å²) >= 11 is 1.90. The fraction of sp³-hybridized carbons (Fsp3) is 0.241. The van der Waals surface area contributed by atoms with Gasteiger partial charge in [-0.25, -0.2) is 4.39 Å². The highest BCUT2D eigenvalue weighted by atomic mass is 32.2. The molecule has 3 aliphatic rings. The van der Waals surface area contributed by atoms with E-state index in [1.807, 2.05) is 11.8 Å². The summed E-state index contributed by atoms with van der Waals surface area (Å²) in [5, 5.41) is 2.59. The lowest BCUT2D eigenvalue weighted by molar-refractivity contribution is 0.415. The Morgan fingerprint density at radius 1 is 0.875 bits per heavy atom. The fourth-order valence-electron chi connectivity index (χ4n) is 5.49. The van der Waals surface area contributed by atoms with Gasteiger partial charge in [0.15, 0.2) is 0 Å². The summed E-state index contributed by atoms with van der Waals surface area (Å²) in [6.45, 7) is 0. The molecule has 1 aliphatic heterocycles. The van der Waals surface area contributed by atoms with Crippen LogP contribution in [0.1, 0.15) is 42.4 Å². The zero-order valence-electron chi connectivity index (χ0n) is 18.2. The number of halogens is 1. The normalized spacial score (nSPS) is 17.4. The Morgan fingerprint density at radius 2 is 1.75 bits per heavy atom. The maximum Gasteiger partial charge on any atom is 0.126 e. The summed E-state index contributed by atoms with van der Waals surface area (Å²) in [6, 6.07) is 13.8. The molecular weight excluding hydrogens is 415 g/mol. The number of ether oxygens (including phenoxy) is 1. The molecule has 3 aromatic rings. The first-order valence-electron chi connectivity index (χ1n) is 11.4. The Balaban J connectivity index is 1.64. The number of aryl methyl sites for hydroxylation is 1. The van der Waals surface area contributed by atoms with Crippen LogP contribution in [0, 0.1) is 5.82 Å². The molecule has 0 saturated carbocycles. The zero-order valence-corrected chi connectivity index (χ0v) is 19.0. The van der Waals surface area contributed by atoms with Crippen molar-refractivity contribution in [2.24, 2.45) is 0 Å². The van der Waals surface area contributed by atoms with Crippen molar-refractivity contribution < 1.29 is 9.13 Å². The van der Waals surface area contributed by atoms with Crippen LogP contribution in [0.5, 0.6) is 5.75 Å². The molecule has 3 aromatic carbocycles. The van der Waals surface area contributed by atoms with E-state index in [9.17, 15) is 4.39 Å². The van der Waals surface area contributed by atoms with Gasteiger partial charge in [0.05, 0.1) is 7.11 Å². The Kier molecular flexibility index (Phi) is 4.95. The van der Waals surface area contributed by atoms with Crippen LogP contribution in [-0.4, -0.2) is 12.9 Å². The van der Waals surface area contributed by atoms with Gasteiger partial charge in [0.1, 0.15) is 11.6 Å². The van der Waals surface area contributed by atoms with Crippen LogP contribution in [-0.2, 0) is 6.42 Å². The smallest absolute Gasteiger partial charge is 0.126 e. The average Bonchev–Trinajstić information content (AvgIpc) is 3.37. The summed E-state index contributed by atoms with van der Waals surface area (Å²) in [5.41, 5.74) is 8.97. The van der Waals surface area contributed by atoms with Gasteiger partial charge in [-0.15, -0.1) is 11.8 Å². The van der Waals surface area contributed by atoms with E-state index >= 15 is 0 Å². The lowest BCUT2D eigenvalue weighted by Crippen LogP contribution is -2.07. The standard InChI is InChI=1S/C29H25FOS/c1-31-27-15-9-19(30)17-26(27)25-14-12-23-22-10-8-18-5-2-3-6-20(18)21(22)11-13-24(23)29(25)28-7-4-16-32-28/h3,6-7,9,11-15,17H,2,4-5,8,10,16H2,1H3. The molecule has 0 N–H and O–H groups in total. The highest BCUT2D eigenvalue weighted by Gasteiger charge is 2.24. The van der Waals surface area contributed by atoms with E-state index in [2.05, 4.69) is 42.5 Å². The highest BCUT2D eigenvalue weighted by Crippen LogP contribution is 2.47. The highest BCUT2D eigenvalue weighted by molar-refractivity contribution is 8.08. The Morgan fingerprint density at radius 3 is 2.59 bits per heavy atom. The van der Waals surface area contributed by atoms with E-state index in [1.165, 1.54) is 50.4 Å². The second-order valence-electron chi connectivity index (χ2n) is 8.68. The van der Waals surface area contributed by atoms with Gasteiger partial charge in [0, 0.05) is 21.8 Å². The number of hydrogen-bond donors (Lipinski definition) is 0. The number of thioether (sulfide) groups is 1. The Labute approximate surface area is 192 Å². The third-order valence-corrected chi connectivity index (χ3v) is 8.08. The number of benzene rings is 3. The quantitative estimate of drug-likeness (QED) is 0.406. The number of allylic oxidation sites excluding steroid dienone is 5. The van der Waals surface area contributed by atoms with Crippen molar-refractivity contribution in [1.82, 2.24) is 0 Å². The third-order valence-electron chi connectivity index (χ3n) is 6.96. The minimum atomic E-state index is -0.242. The molecule has 2 aliphatic carbocycles. The summed E-state index contributed by atoms with van der Waals surface area (Å²) in [4.78, 5) is 1.30. The summed E-state index contributed by atoms with van der Waals surface area (Å²) < 4.78 is 19.9.